The van der Waals surface area contributed by atoms with Crippen LogP contribution in [0.15, 0.2) is 12.1 Å². The number of ether oxygens (including phenoxy) is 1. The summed E-state index contributed by atoms with van der Waals surface area (Å²) in [6.07, 6.45) is 4.15. The zero-order chi connectivity index (χ0) is 24.5. The first kappa shape index (κ1) is 26.2. The van der Waals surface area contributed by atoms with Crippen molar-refractivity contribution in [2.75, 3.05) is 17.2 Å². The van der Waals surface area contributed by atoms with E-state index < -0.39 is 9.84 Å². The summed E-state index contributed by atoms with van der Waals surface area (Å²) in [6, 6.07) is 4.62. The van der Waals surface area contributed by atoms with Crippen LogP contribution in [0.2, 0.25) is 0 Å². The number of benzene rings is 1. The molecule has 1 aliphatic heterocycles. The van der Waals surface area contributed by atoms with Crippen molar-refractivity contribution in [3.63, 3.8) is 0 Å². The van der Waals surface area contributed by atoms with Crippen LogP contribution in [0.1, 0.15) is 77.0 Å². The minimum Gasteiger partial charge on any atom is -0.372 e. The molecule has 33 heavy (non-hydrogen) atoms. The Labute approximate surface area is 201 Å². The van der Waals surface area contributed by atoms with Gasteiger partial charge in [0.05, 0.1) is 29.3 Å². The van der Waals surface area contributed by atoms with Crippen LogP contribution < -0.4 is 4.90 Å². The lowest BCUT2D eigenvalue weighted by Crippen LogP contribution is -2.52. The molecule has 1 heterocycles. The molecule has 1 saturated heterocycles. The Morgan fingerprint density at radius 2 is 1.70 bits per heavy atom. The first-order valence-electron chi connectivity index (χ1n) is 12.7. The van der Waals surface area contributed by atoms with Crippen molar-refractivity contribution in [2.24, 2.45) is 11.8 Å². The van der Waals surface area contributed by atoms with E-state index >= 15 is 0 Å². The molecule has 0 N–H and O–H groups in total. The molecule has 0 aromatic heterocycles. The number of hydrogen-bond donors (Lipinski definition) is 0. The monoisotopic (exact) mass is 477 g/mol. The number of carbonyl (C=O) groups excluding carboxylic acids is 1. The van der Waals surface area contributed by atoms with Gasteiger partial charge in [-0.05, 0) is 103 Å². The number of morpholine rings is 1. The fourth-order valence-corrected chi connectivity index (χ4v) is 6.78. The van der Waals surface area contributed by atoms with Gasteiger partial charge in [0, 0.05) is 24.6 Å². The van der Waals surface area contributed by atoms with Crippen molar-refractivity contribution in [3.8, 4) is 0 Å². The molecule has 5 nitrogen and oxygen atoms in total. The summed E-state index contributed by atoms with van der Waals surface area (Å²) < 4.78 is 30.5. The molecule has 0 spiro atoms. The highest BCUT2D eigenvalue weighted by Crippen LogP contribution is 2.34. The third-order valence-corrected chi connectivity index (χ3v) is 10.5. The highest BCUT2D eigenvalue weighted by molar-refractivity contribution is 7.91. The second-order valence-corrected chi connectivity index (χ2v) is 13.4. The van der Waals surface area contributed by atoms with Gasteiger partial charge in [0.1, 0.15) is 5.78 Å². The Morgan fingerprint density at radius 1 is 1.06 bits per heavy atom. The summed E-state index contributed by atoms with van der Waals surface area (Å²) in [7, 11) is -3.02. The van der Waals surface area contributed by atoms with Crippen LogP contribution >= 0.6 is 0 Å². The lowest BCUT2D eigenvalue weighted by molar-refractivity contribution is -0.123. The lowest BCUT2D eigenvalue weighted by atomic mass is 9.79. The normalized spacial score (nSPS) is 28.8. The van der Waals surface area contributed by atoms with Crippen LogP contribution in [0.3, 0.4) is 0 Å². The summed E-state index contributed by atoms with van der Waals surface area (Å²) >= 11 is 0. The number of Topliss-reactive ketones (excluding diaryl/α,β-unsaturated/α-hetero) is 1. The third-order valence-electron chi connectivity index (χ3n) is 8.10. The molecular formula is C27H43NO4S. The van der Waals surface area contributed by atoms with Gasteiger partial charge >= 0.3 is 0 Å². The van der Waals surface area contributed by atoms with E-state index in [2.05, 4.69) is 51.7 Å². The van der Waals surface area contributed by atoms with Crippen LogP contribution in [0.5, 0.6) is 0 Å². The number of ketones is 1. The minimum absolute atomic E-state index is 0.0587. The molecule has 1 unspecified atom stereocenters. The van der Waals surface area contributed by atoms with E-state index in [9.17, 15) is 13.2 Å². The van der Waals surface area contributed by atoms with Gasteiger partial charge in [-0.2, -0.15) is 0 Å². The van der Waals surface area contributed by atoms with Crippen molar-refractivity contribution in [1.29, 1.82) is 0 Å². The molecule has 1 aromatic carbocycles. The zero-order valence-electron chi connectivity index (χ0n) is 21.6. The summed E-state index contributed by atoms with van der Waals surface area (Å²) in [6.45, 7) is 15.1. The van der Waals surface area contributed by atoms with Gasteiger partial charge in [0.15, 0.2) is 9.84 Å². The molecule has 3 rings (SSSR count). The topological polar surface area (TPSA) is 63.7 Å². The van der Waals surface area contributed by atoms with Crippen molar-refractivity contribution in [3.05, 3.63) is 28.8 Å². The molecular weight excluding hydrogens is 434 g/mol. The Morgan fingerprint density at radius 3 is 2.30 bits per heavy atom. The molecule has 0 amide bonds. The average Bonchev–Trinajstić information content (AvgIpc) is 2.74. The Kier molecular flexibility index (Phi) is 8.32. The molecule has 2 aliphatic rings. The van der Waals surface area contributed by atoms with Gasteiger partial charge in [0.2, 0.25) is 0 Å². The number of hydrogen-bond acceptors (Lipinski definition) is 5. The van der Waals surface area contributed by atoms with E-state index in [0.717, 1.165) is 37.8 Å². The first-order valence-corrected chi connectivity index (χ1v) is 14.4. The highest BCUT2D eigenvalue weighted by atomic mass is 32.2. The molecule has 0 radical (unpaired) electrons. The Hall–Kier alpha value is -1.40. The van der Waals surface area contributed by atoms with Crippen molar-refractivity contribution in [1.82, 2.24) is 0 Å². The predicted octanol–water partition coefficient (Wildman–Crippen LogP) is 5.05. The number of nitrogens with zero attached hydrogens (tertiary/aromatic N) is 1. The van der Waals surface area contributed by atoms with Crippen LogP contribution in [0.4, 0.5) is 5.69 Å². The molecule has 2 fully saturated rings. The van der Waals surface area contributed by atoms with Gasteiger partial charge in [-0.3, -0.25) is 4.79 Å². The SMILES string of the molecule is Cc1c(CC(=O)C2CCC(CS(=O)(=O)C(C)C)CC2)ccc(N2C[C@H](C)O[C@H](C)C2C)c1C. The molecule has 0 bridgehead atoms. The number of carbonyl (C=O) groups is 1. The zero-order valence-corrected chi connectivity index (χ0v) is 22.4. The van der Waals surface area contributed by atoms with Crippen LogP contribution in [0, 0.1) is 25.7 Å². The predicted molar refractivity (Wildman–Crippen MR) is 136 cm³/mol. The lowest BCUT2D eigenvalue weighted by Gasteiger charge is -2.43. The Balaban J connectivity index is 1.64. The number of anilines is 1. The maximum absolute atomic E-state index is 13.1. The standard InChI is InChI=1S/C27H43NO4S/c1-17(2)33(30,31)16-23-8-10-24(11-9-23)27(29)14-25-12-13-26(20(5)19(25)4)28-15-18(3)32-22(7)21(28)6/h12-13,17-18,21-24H,8-11,14-16H2,1-7H3/t18-,21?,22+,23?,24?/m0/s1. The second-order valence-electron chi connectivity index (χ2n) is 10.8. The third kappa shape index (κ3) is 6.00. The van der Waals surface area contributed by atoms with E-state index in [-0.39, 0.29) is 35.0 Å². The molecule has 1 saturated carbocycles. The van der Waals surface area contributed by atoms with Crippen molar-refractivity contribution < 1.29 is 17.9 Å². The molecule has 3 atom stereocenters. The molecule has 186 valence electrons. The summed E-state index contributed by atoms with van der Waals surface area (Å²) in [4.78, 5) is 15.6. The molecule has 1 aromatic rings. The molecule has 6 heteroatoms. The second kappa shape index (κ2) is 10.5. The summed E-state index contributed by atoms with van der Waals surface area (Å²) in [5, 5.41) is -0.321. The molecule has 1 aliphatic carbocycles. The van der Waals surface area contributed by atoms with Crippen LogP contribution in [-0.2, 0) is 25.8 Å². The highest BCUT2D eigenvalue weighted by Gasteiger charge is 2.32. The fraction of sp³-hybridized carbons (Fsp3) is 0.741. The van der Waals surface area contributed by atoms with Gasteiger partial charge in [0.25, 0.3) is 0 Å². The maximum atomic E-state index is 13.1. The summed E-state index contributed by atoms with van der Waals surface area (Å²) in [5.74, 6) is 0.827. The fourth-order valence-electron chi connectivity index (χ4n) is 5.41. The van der Waals surface area contributed by atoms with E-state index in [0.29, 0.717) is 18.2 Å². The summed E-state index contributed by atoms with van der Waals surface area (Å²) in [5.41, 5.74) is 4.81. The minimum atomic E-state index is -3.02. The van der Waals surface area contributed by atoms with Crippen LogP contribution in [0.25, 0.3) is 0 Å². The van der Waals surface area contributed by atoms with E-state index in [1.54, 1.807) is 13.8 Å². The largest absolute Gasteiger partial charge is 0.372 e. The van der Waals surface area contributed by atoms with Crippen LogP contribution in [-0.4, -0.2) is 50.0 Å². The first-order chi connectivity index (χ1) is 15.4. The van der Waals surface area contributed by atoms with Gasteiger partial charge in [-0.25, -0.2) is 8.42 Å². The number of rotatable bonds is 7. The van der Waals surface area contributed by atoms with E-state index in [1.807, 2.05) is 0 Å². The van der Waals surface area contributed by atoms with Gasteiger partial charge < -0.3 is 9.64 Å². The smallest absolute Gasteiger partial charge is 0.152 e. The Bertz CT molecular complexity index is 947. The van der Waals surface area contributed by atoms with Gasteiger partial charge in [-0.15, -0.1) is 0 Å². The average molecular weight is 478 g/mol. The van der Waals surface area contributed by atoms with E-state index in [4.69, 9.17) is 4.74 Å². The maximum Gasteiger partial charge on any atom is 0.152 e. The number of sulfone groups is 1. The quantitative estimate of drug-likeness (QED) is 0.550. The van der Waals surface area contributed by atoms with E-state index in [1.165, 1.54) is 16.8 Å². The van der Waals surface area contributed by atoms with Gasteiger partial charge in [-0.1, -0.05) is 6.07 Å². The van der Waals surface area contributed by atoms with Crippen molar-refractivity contribution >= 4 is 21.3 Å². The van der Waals surface area contributed by atoms with Crippen molar-refractivity contribution in [2.45, 2.75) is 104 Å².